The van der Waals surface area contributed by atoms with Gasteiger partial charge in [-0.2, -0.15) is 4.57 Å². The molecule has 0 saturated heterocycles. The third-order valence-corrected chi connectivity index (χ3v) is 4.40. The average Bonchev–Trinajstić information content (AvgIpc) is 2.70. The Morgan fingerprint density at radius 1 is 0.520 bits per heavy atom. The third kappa shape index (κ3) is 3.36. The molecule has 3 aromatic carbocycles. The molecular formula is C24H20N+. The number of nitrogens with zero attached hydrogens (tertiary/aromatic N) is 1. The molecule has 0 aliphatic heterocycles. The molecule has 0 radical (unpaired) electrons. The van der Waals surface area contributed by atoms with E-state index in [2.05, 4.69) is 114 Å². The zero-order valence-corrected chi connectivity index (χ0v) is 14.0. The molecule has 0 bridgehead atoms. The van der Waals surface area contributed by atoms with Crippen molar-refractivity contribution in [2.24, 2.45) is 0 Å². The Morgan fingerprint density at radius 2 is 1.08 bits per heavy atom. The fourth-order valence-corrected chi connectivity index (χ4v) is 3.23. The summed E-state index contributed by atoms with van der Waals surface area (Å²) in [6, 6.07) is 36.2. The first-order valence-corrected chi connectivity index (χ1v) is 8.59. The summed E-state index contributed by atoms with van der Waals surface area (Å²) in [7, 11) is 0. The molecule has 4 aromatic rings. The highest BCUT2D eigenvalue weighted by Crippen LogP contribution is 2.29. The van der Waals surface area contributed by atoms with Gasteiger partial charge in [0.15, 0.2) is 12.7 Å². The van der Waals surface area contributed by atoms with Gasteiger partial charge in [-0.3, -0.25) is 0 Å². The van der Waals surface area contributed by atoms with E-state index in [1.165, 1.54) is 27.9 Å². The summed E-state index contributed by atoms with van der Waals surface area (Å²) in [4.78, 5) is 0. The maximum atomic E-state index is 2.34. The Bertz CT molecular complexity index is 945. The van der Waals surface area contributed by atoms with Crippen molar-refractivity contribution in [3.8, 4) is 22.4 Å². The quantitative estimate of drug-likeness (QED) is 0.446. The molecule has 0 N–H and O–H groups in total. The van der Waals surface area contributed by atoms with Crippen LogP contribution in [0.2, 0.25) is 0 Å². The highest BCUT2D eigenvalue weighted by atomic mass is 15.0. The Balaban J connectivity index is 1.89. The van der Waals surface area contributed by atoms with Crippen LogP contribution in [-0.4, -0.2) is 0 Å². The van der Waals surface area contributed by atoms with E-state index in [0.717, 1.165) is 6.54 Å². The predicted molar refractivity (Wildman–Crippen MR) is 103 cm³/mol. The van der Waals surface area contributed by atoms with E-state index in [1.54, 1.807) is 0 Å². The first kappa shape index (κ1) is 15.3. The van der Waals surface area contributed by atoms with Crippen molar-refractivity contribution >= 4 is 0 Å². The molecule has 1 nitrogen and oxygen atoms in total. The van der Waals surface area contributed by atoms with Crippen molar-refractivity contribution in [2.75, 3.05) is 0 Å². The normalized spacial score (nSPS) is 10.6. The van der Waals surface area contributed by atoms with Crippen molar-refractivity contribution in [3.05, 3.63) is 115 Å². The largest absolute Gasteiger partial charge is 0.220 e. The summed E-state index contributed by atoms with van der Waals surface area (Å²) in [5, 5.41) is 0. The molecule has 0 fully saturated rings. The Labute approximate surface area is 148 Å². The van der Waals surface area contributed by atoms with Gasteiger partial charge in [0.1, 0.15) is 0 Å². The van der Waals surface area contributed by atoms with Gasteiger partial charge in [0.05, 0.1) is 5.56 Å². The molecule has 25 heavy (non-hydrogen) atoms. The summed E-state index contributed by atoms with van der Waals surface area (Å²) in [6.45, 7) is 0.853. The zero-order valence-electron chi connectivity index (χ0n) is 14.0. The van der Waals surface area contributed by atoms with Crippen molar-refractivity contribution in [2.45, 2.75) is 6.54 Å². The molecular weight excluding hydrogens is 302 g/mol. The van der Waals surface area contributed by atoms with Crippen LogP contribution in [0.3, 0.4) is 0 Å². The second kappa shape index (κ2) is 7.14. The lowest BCUT2D eigenvalue weighted by Gasteiger charge is -2.10. The van der Waals surface area contributed by atoms with Gasteiger partial charge < -0.3 is 0 Å². The van der Waals surface area contributed by atoms with Gasteiger partial charge in [0, 0.05) is 17.2 Å². The standard InChI is InChI=1S/C24H20N/c1-4-11-20(12-5-1)19-25-18-10-17-23(21-13-6-2-7-14-21)24(25)22-15-8-3-9-16-22/h1-18H,19H2/q+1. The fourth-order valence-electron chi connectivity index (χ4n) is 3.23. The van der Waals surface area contributed by atoms with Crippen LogP contribution in [0.5, 0.6) is 0 Å². The van der Waals surface area contributed by atoms with E-state index >= 15 is 0 Å². The van der Waals surface area contributed by atoms with Crippen LogP contribution < -0.4 is 4.57 Å². The lowest BCUT2D eigenvalue weighted by atomic mass is 9.98. The Hall–Kier alpha value is -3.19. The van der Waals surface area contributed by atoms with E-state index in [4.69, 9.17) is 0 Å². The van der Waals surface area contributed by atoms with E-state index in [-0.39, 0.29) is 0 Å². The van der Waals surface area contributed by atoms with Crippen molar-refractivity contribution in [3.63, 3.8) is 0 Å². The SMILES string of the molecule is c1ccc(C[n+]2cccc(-c3ccccc3)c2-c2ccccc2)cc1. The first-order chi connectivity index (χ1) is 12.4. The maximum absolute atomic E-state index is 2.34. The van der Waals surface area contributed by atoms with Gasteiger partial charge in [-0.05, 0) is 23.8 Å². The topological polar surface area (TPSA) is 3.88 Å². The van der Waals surface area contributed by atoms with Gasteiger partial charge >= 0.3 is 0 Å². The average molecular weight is 322 g/mol. The zero-order chi connectivity index (χ0) is 16.9. The molecule has 0 atom stereocenters. The van der Waals surface area contributed by atoms with Crippen molar-refractivity contribution in [1.29, 1.82) is 0 Å². The minimum atomic E-state index is 0.853. The van der Waals surface area contributed by atoms with Crippen LogP contribution in [0.25, 0.3) is 22.4 Å². The minimum Gasteiger partial charge on any atom is -0.193 e. The molecule has 1 aromatic heterocycles. The van der Waals surface area contributed by atoms with Crippen LogP contribution in [0.1, 0.15) is 5.56 Å². The molecule has 4 rings (SSSR count). The van der Waals surface area contributed by atoms with Gasteiger partial charge in [0.2, 0.25) is 5.69 Å². The van der Waals surface area contributed by atoms with Gasteiger partial charge in [-0.25, -0.2) is 0 Å². The number of hydrogen-bond donors (Lipinski definition) is 0. The van der Waals surface area contributed by atoms with Crippen molar-refractivity contribution < 1.29 is 4.57 Å². The molecule has 0 aliphatic carbocycles. The molecule has 1 heterocycles. The highest BCUT2D eigenvalue weighted by molar-refractivity contribution is 5.78. The lowest BCUT2D eigenvalue weighted by molar-refractivity contribution is -0.677. The maximum Gasteiger partial charge on any atom is 0.220 e. The Kier molecular flexibility index (Phi) is 4.38. The summed E-state index contributed by atoms with van der Waals surface area (Å²) < 4.78 is 2.34. The van der Waals surface area contributed by atoms with E-state index in [0.29, 0.717) is 0 Å². The van der Waals surface area contributed by atoms with Gasteiger partial charge in [-0.1, -0.05) is 78.9 Å². The molecule has 0 unspecified atom stereocenters. The summed E-state index contributed by atoms with van der Waals surface area (Å²) in [5.41, 5.74) is 6.28. The van der Waals surface area contributed by atoms with Crippen LogP contribution in [-0.2, 0) is 6.54 Å². The van der Waals surface area contributed by atoms with Crippen LogP contribution in [0.15, 0.2) is 109 Å². The lowest BCUT2D eigenvalue weighted by Crippen LogP contribution is -2.37. The van der Waals surface area contributed by atoms with Crippen LogP contribution in [0, 0.1) is 0 Å². The van der Waals surface area contributed by atoms with Gasteiger partial charge in [-0.15, -0.1) is 0 Å². The molecule has 0 amide bonds. The third-order valence-electron chi connectivity index (χ3n) is 4.40. The fraction of sp³-hybridized carbons (Fsp3) is 0.0417. The molecule has 0 aliphatic rings. The molecule has 0 saturated carbocycles. The summed E-state index contributed by atoms with van der Waals surface area (Å²) >= 11 is 0. The number of rotatable bonds is 4. The van der Waals surface area contributed by atoms with Crippen LogP contribution in [0.4, 0.5) is 0 Å². The minimum absolute atomic E-state index is 0.853. The summed E-state index contributed by atoms with van der Waals surface area (Å²) in [6.07, 6.45) is 2.17. The van der Waals surface area contributed by atoms with E-state index in [9.17, 15) is 0 Å². The number of aromatic nitrogens is 1. The van der Waals surface area contributed by atoms with E-state index < -0.39 is 0 Å². The number of benzene rings is 3. The van der Waals surface area contributed by atoms with Crippen LogP contribution >= 0.6 is 0 Å². The molecule has 1 heteroatoms. The number of hydrogen-bond acceptors (Lipinski definition) is 0. The predicted octanol–water partition coefficient (Wildman–Crippen LogP) is 5.36. The van der Waals surface area contributed by atoms with E-state index in [1.807, 2.05) is 0 Å². The van der Waals surface area contributed by atoms with Gasteiger partial charge in [0.25, 0.3) is 0 Å². The second-order valence-corrected chi connectivity index (χ2v) is 6.12. The molecule has 0 spiro atoms. The highest BCUT2D eigenvalue weighted by Gasteiger charge is 2.19. The monoisotopic (exact) mass is 322 g/mol. The number of pyridine rings is 1. The van der Waals surface area contributed by atoms with Crippen molar-refractivity contribution in [1.82, 2.24) is 0 Å². The first-order valence-electron chi connectivity index (χ1n) is 8.59. The Morgan fingerprint density at radius 3 is 1.72 bits per heavy atom. The smallest absolute Gasteiger partial charge is 0.193 e. The molecule has 120 valence electrons. The summed E-state index contributed by atoms with van der Waals surface area (Å²) in [5.74, 6) is 0. The second-order valence-electron chi connectivity index (χ2n) is 6.12.